The monoisotopic (exact) mass is 438 g/mol. The molecule has 0 bridgehead atoms. The summed E-state index contributed by atoms with van der Waals surface area (Å²) in [5, 5.41) is 13.9. The van der Waals surface area contributed by atoms with Crippen molar-refractivity contribution in [3.63, 3.8) is 0 Å². The van der Waals surface area contributed by atoms with Crippen LogP contribution in [0.3, 0.4) is 0 Å². The number of ether oxygens (including phenoxy) is 2. The number of hydrogen-bond acceptors (Lipinski definition) is 5. The maximum absolute atomic E-state index is 12.1. The molecule has 1 aliphatic rings. The van der Waals surface area contributed by atoms with Gasteiger partial charge in [0.25, 0.3) is 5.91 Å². The Kier molecular flexibility index (Phi) is 4.89. The summed E-state index contributed by atoms with van der Waals surface area (Å²) in [6, 6.07) is 10.8. The number of amides is 1. The minimum Gasteiger partial charge on any atom is -0.507 e. The van der Waals surface area contributed by atoms with Crippen LogP contribution in [0.2, 0.25) is 0 Å². The molecule has 1 amide bonds. The van der Waals surface area contributed by atoms with E-state index in [0.29, 0.717) is 17.1 Å². The van der Waals surface area contributed by atoms with Gasteiger partial charge in [-0.1, -0.05) is 12.1 Å². The van der Waals surface area contributed by atoms with Crippen LogP contribution in [0.25, 0.3) is 0 Å². The van der Waals surface area contributed by atoms with Crippen molar-refractivity contribution in [1.29, 1.82) is 0 Å². The van der Waals surface area contributed by atoms with E-state index in [9.17, 15) is 9.90 Å². The largest absolute Gasteiger partial charge is 0.507 e. The summed E-state index contributed by atoms with van der Waals surface area (Å²) in [6.07, 6.45) is 0.628. The van der Waals surface area contributed by atoms with Crippen LogP contribution >= 0.6 is 22.6 Å². The zero-order chi connectivity index (χ0) is 17.1. The van der Waals surface area contributed by atoms with E-state index in [2.05, 4.69) is 33.1 Å². The molecular weight excluding hydrogens is 423 g/mol. The molecule has 2 N–H and O–H groups in total. The summed E-state index contributed by atoms with van der Waals surface area (Å²) < 4.78 is 12.1. The van der Waals surface area contributed by atoms with Crippen LogP contribution in [0.15, 0.2) is 41.5 Å². The van der Waals surface area contributed by atoms with Gasteiger partial charge in [0.15, 0.2) is 11.5 Å². The van der Waals surface area contributed by atoms with Crippen LogP contribution in [0.5, 0.6) is 17.2 Å². The van der Waals surface area contributed by atoms with Crippen molar-refractivity contribution >= 4 is 34.7 Å². The first-order valence-electron chi connectivity index (χ1n) is 7.25. The second-order valence-corrected chi connectivity index (χ2v) is 6.50. The van der Waals surface area contributed by atoms with Crippen LogP contribution < -0.4 is 14.9 Å². The average Bonchev–Trinajstić information content (AvgIpc) is 2.58. The van der Waals surface area contributed by atoms with Gasteiger partial charge in [0.05, 0.1) is 6.21 Å². The van der Waals surface area contributed by atoms with E-state index >= 15 is 0 Å². The Morgan fingerprint density at radius 3 is 2.92 bits per heavy atom. The molecular formula is C17H15IN2O4. The van der Waals surface area contributed by atoms with Crippen molar-refractivity contribution in [2.45, 2.75) is 13.0 Å². The Hall–Kier alpha value is -2.29. The highest BCUT2D eigenvalue weighted by Crippen LogP contribution is 2.30. The Labute approximate surface area is 152 Å². The molecule has 2 aromatic carbocycles. The van der Waals surface area contributed by atoms with Crippen LogP contribution in [-0.4, -0.2) is 29.9 Å². The lowest BCUT2D eigenvalue weighted by atomic mass is 10.1. The third-order valence-corrected chi connectivity index (χ3v) is 4.10. The first-order valence-corrected chi connectivity index (χ1v) is 8.33. The van der Waals surface area contributed by atoms with Crippen molar-refractivity contribution < 1.29 is 19.4 Å². The van der Waals surface area contributed by atoms with E-state index in [0.717, 1.165) is 9.13 Å². The van der Waals surface area contributed by atoms with Gasteiger partial charge in [-0.15, -0.1) is 0 Å². The third kappa shape index (κ3) is 3.61. The first-order chi connectivity index (χ1) is 11.5. The van der Waals surface area contributed by atoms with E-state index in [-0.39, 0.29) is 12.4 Å². The number of carbonyl (C=O) groups excluding carboxylic acids is 1. The number of fused-ring (bicyclic) bond motifs is 1. The third-order valence-electron chi connectivity index (χ3n) is 3.47. The number of rotatable bonds is 3. The molecule has 6 nitrogen and oxygen atoms in total. The summed E-state index contributed by atoms with van der Waals surface area (Å²) in [5.74, 6) is 0.866. The smallest absolute Gasteiger partial charge is 0.284 e. The molecule has 0 saturated heterocycles. The summed E-state index contributed by atoms with van der Waals surface area (Å²) in [4.78, 5) is 12.1. The minimum atomic E-state index is -0.775. The maximum atomic E-state index is 12.1. The number of benzene rings is 2. The molecule has 0 aromatic heterocycles. The fraction of sp³-hybridized carbons (Fsp3) is 0.176. The number of phenolic OH excluding ortho intramolecular Hbond substituents is 1. The zero-order valence-corrected chi connectivity index (χ0v) is 15.0. The summed E-state index contributed by atoms with van der Waals surface area (Å²) in [7, 11) is 0. The number of phenols is 1. The molecule has 0 saturated carbocycles. The van der Waals surface area contributed by atoms with Crippen LogP contribution in [-0.2, 0) is 4.79 Å². The molecule has 1 atom stereocenters. The van der Waals surface area contributed by atoms with E-state index < -0.39 is 12.0 Å². The van der Waals surface area contributed by atoms with Gasteiger partial charge in [-0.05, 0) is 59.3 Å². The van der Waals surface area contributed by atoms with Gasteiger partial charge in [0, 0.05) is 9.13 Å². The molecule has 2 aromatic rings. The predicted octanol–water partition coefficient (Wildman–Crippen LogP) is 2.60. The molecule has 0 aliphatic carbocycles. The number of para-hydroxylation sites is 2. The van der Waals surface area contributed by atoms with E-state index in [1.807, 2.05) is 18.2 Å². The summed E-state index contributed by atoms with van der Waals surface area (Å²) in [5.41, 5.74) is 3.69. The van der Waals surface area contributed by atoms with E-state index in [1.54, 1.807) is 25.1 Å². The van der Waals surface area contributed by atoms with Crippen molar-refractivity contribution in [2.24, 2.45) is 5.10 Å². The van der Waals surface area contributed by atoms with Crippen molar-refractivity contribution in [3.8, 4) is 17.2 Å². The molecule has 1 heterocycles. The number of nitrogens with zero attached hydrogens (tertiary/aromatic N) is 1. The Morgan fingerprint density at radius 1 is 1.38 bits per heavy atom. The number of carbonyl (C=O) groups is 1. The molecule has 124 valence electrons. The van der Waals surface area contributed by atoms with Crippen molar-refractivity contribution in [2.75, 3.05) is 6.61 Å². The van der Waals surface area contributed by atoms with Gasteiger partial charge in [-0.3, -0.25) is 4.79 Å². The number of aryl methyl sites for hydroxylation is 1. The second kappa shape index (κ2) is 7.08. The van der Waals surface area contributed by atoms with E-state index in [1.165, 1.54) is 6.21 Å². The van der Waals surface area contributed by atoms with Crippen LogP contribution in [0.1, 0.15) is 11.1 Å². The number of nitrogens with one attached hydrogen (secondary N) is 1. The maximum Gasteiger partial charge on any atom is 0.284 e. The van der Waals surface area contributed by atoms with Gasteiger partial charge in [-0.2, -0.15) is 5.10 Å². The van der Waals surface area contributed by atoms with Gasteiger partial charge >= 0.3 is 0 Å². The number of hydrazone groups is 1. The van der Waals surface area contributed by atoms with Gasteiger partial charge in [0.1, 0.15) is 12.4 Å². The normalized spacial score (nSPS) is 16.2. The fourth-order valence-electron chi connectivity index (χ4n) is 2.25. The Morgan fingerprint density at radius 2 is 2.12 bits per heavy atom. The summed E-state index contributed by atoms with van der Waals surface area (Å²) in [6.45, 7) is 1.92. The highest BCUT2D eigenvalue weighted by molar-refractivity contribution is 14.1. The SMILES string of the molecule is Cc1cc(I)cc(C=NNC(=O)C2COc3ccccc3O2)c1O. The number of hydrogen-bond donors (Lipinski definition) is 2. The predicted molar refractivity (Wildman–Crippen MR) is 97.7 cm³/mol. The number of aromatic hydroxyl groups is 1. The summed E-state index contributed by atoms with van der Waals surface area (Å²) >= 11 is 2.15. The lowest BCUT2D eigenvalue weighted by Gasteiger charge is -2.24. The standard InChI is InChI=1S/C17H15IN2O4/c1-10-6-12(18)7-11(16(10)21)8-19-20-17(22)15-9-23-13-4-2-3-5-14(13)24-15/h2-8,15,21H,9H2,1H3,(H,20,22). The molecule has 3 rings (SSSR count). The molecule has 0 fully saturated rings. The Bertz CT molecular complexity index is 807. The quantitative estimate of drug-likeness (QED) is 0.439. The topological polar surface area (TPSA) is 80.2 Å². The molecule has 0 radical (unpaired) electrons. The number of halogens is 1. The lowest BCUT2D eigenvalue weighted by molar-refractivity contribution is -0.130. The minimum absolute atomic E-state index is 0.117. The highest BCUT2D eigenvalue weighted by atomic mass is 127. The van der Waals surface area contributed by atoms with E-state index in [4.69, 9.17) is 9.47 Å². The zero-order valence-electron chi connectivity index (χ0n) is 12.8. The van der Waals surface area contributed by atoms with Gasteiger partial charge in [-0.25, -0.2) is 5.43 Å². The fourth-order valence-corrected chi connectivity index (χ4v) is 3.05. The first kappa shape index (κ1) is 16.6. The van der Waals surface area contributed by atoms with Gasteiger partial charge in [0.2, 0.25) is 6.10 Å². The molecule has 0 spiro atoms. The second-order valence-electron chi connectivity index (χ2n) is 5.26. The highest BCUT2D eigenvalue weighted by Gasteiger charge is 2.26. The lowest BCUT2D eigenvalue weighted by Crippen LogP contribution is -2.42. The average molecular weight is 438 g/mol. The Balaban J connectivity index is 1.64. The van der Waals surface area contributed by atoms with Crippen molar-refractivity contribution in [3.05, 3.63) is 51.1 Å². The van der Waals surface area contributed by atoms with Gasteiger partial charge < -0.3 is 14.6 Å². The van der Waals surface area contributed by atoms with Crippen molar-refractivity contribution in [1.82, 2.24) is 5.43 Å². The van der Waals surface area contributed by atoms with Crippen LogP contribution in [0.4, 0.5) is 0 Å². The molecule has 7 heteroatoms. The van der Waals surface area contributed by atoms with Crippen LogP contribution in [0, 0.1) is 10.5 Å². The molecule has 1 unspecified atom stereocenters. The molecule has 1 aliphatic heterocycles. The molecule has 24 heavy (non-hydrogen) atoms.